The Labute approximate surface area is 167 Å². The van der Waals surface area contributed by atoms with Crippen LogP contribution in [0.15, 0.2) is 11.0 Å². The lowest BCUT2D eigenvalue weighted by Crippen LogP contribution is -2.36. The highest BCUT2D eigenvalue weighted by atomic mass is 127. The molecular weight excluding hydrogens is 465 g/mol. The van der Waals surface area contributed by atoms with Crippen molar-refractivity contribution in [1.29, 1.82) is 0 Å². The van der Waals surface area contributed by atoms with Gasteiger partial charge in [-0.3, -0.25) is 19.7 Å². The van der Waals surface area contributed by atoms with Gasteiger partial charge >= 0.3 is 0 Å². The molecule has 7 nitrogen and oxygen atoms in total. The van der Waals surface area contributed by atoms with E-state index >= 15 is 0 Å². The molecule has 0 saturated carbocycles. The van der Waals surface area contributed by atoms with Crippen LogP contribution in [0.2, 0.25) is 0 Å². The van der Waals surface area contributed by atoms with Gasteiger partial charge in [0.1, 0.15) is 16.3 Å². The summed E-state index contributed by atoms with van der Waals surface area (Å²) in [6.07, 6.45) is 4.58. The second kappa shape index (κ2) is 6.45. The highest BCUT2D eigenvalue weighted by Crippen LogP contribution is 2.35. The van der Waals surface area contributed by atoms with Gasteiger partial charge in [-0.1, -0.05) is 6.92 Å². The molecule has 1 aliphatic rings. The molecule has 3 aromatic rings. The van der Waals surface area contributed by atoms with Gasteiger partial charge in [0, 0.05) is 11.9 Å². The second-order valence-corrected chi connectivity index (χ2v) is 8.98. The minimum Gasteiger partial charge on any atom is -0.267 e. The zero-order chi connectivity index (χ0) is 18.6. The molecule has 0 aliphatic heterocycles. The molecule has 0 bridgehead atoms. The maximum absolute atomic E-state index is 13.1. The van der Waals surface area contributed by atoms with Crippen molar-refractivity contribution in [2.24, 2.45) is 13.0 Å². The minimum atomic E-state index is -0.376. The monoisotopic (exact) mass is 483 g/mol. The van der Waals surface area contributed by atoms with Crippen LogP contribution in [0.3, 0.4) is 0 Å². The molecule has 26 heavy (non-hydrogen) atoms. The fourth-order valence-electron chi connectivity index (χ4n) is 3.44. The first-order valence-electron chi connectivity index (χ1n) is 8.39. The van der Waals surface area contributed by atoms with E-state index in [1.807, 2.05) is 0 Å². The van der Waals surface area contributed by atoms with Crippen molar-refractivity contribution < 1.29 is 4.79 Å². The third-order valence-electron chi connectivity index (χ3n) is 4.82. The molecule has 9 heteroatoms. The van der Waals surface area contributed by atoms with E-state index in [0.717, 1.165) is 33.2 Å². The summed E-state index contributed by atoms with van der Waals surface area (Å²) in [7, 11) is 1.70. The number of nitrogens with one attached hydrogen (secondary N) is 1. The van der Waals surface area contributed by atoms with Crippen molar-refractivity contribution in [3.63, 3.8) is 0 Å². The highest BCUT2D eigenvalue weighted by Gasteiger charge is 2.25. The van der Waals surface area contributed by atoms with Crippen LogP contribution in [0, 0.1) is 16.4 Å². The normalized spacial score (nSPS) is 16.7. The average Bonchev–Trinajstić information content (AvgIpc) is 3.10. The Bertz CT molecular complexity index is 1080. The molecule has 4 rings (SSSR count). The van der Waals surface area contributed by atoms with Crippen LogP contribution in [-0.2, 0) is 19.9 Å². The van der Waals surface area contributed by atoms with Gasteiger partial charge in [0.05, 0.1) is 15.2 Å². The van der Waals surface area contributed by atoms with E-state index < -0.39 is 0 Å². The Morgan fingerprint density at radius 3 is 2.92 bits per heavy atom. The molecule has 136 valence electrons. The van der Waals surface area contributed by atoms with Gasteiger partial charge in [-0.05, 0) is 60.3 Å². The number of hydrogen-bond donors (Lipinski definition) is 1. The molecule has 0 spiro atoms. The van der Waals surface area contributed by atoms with Crippen molar-refractivity contribution in [1.82, 2.24) is 19.4 Å². The number of rotatable bonds is 2. The zero-order valence-corrected chi connectivity index (χ0v) is 17.6. The van der Waals surface area contributed by atoms with Crippen molar-refractivity contribution >= 4 is 50.1 Å². The fourth-order valence-corrected chi connectivity index (χ4v) is 5.58. The minimum absolute atomic E-state index is 0.204. The lowest BCUT2D eigenvalue weighted by atomic mass is 9.89. The summed E-state index contributed by atoms with van der Waals surface area (Å²) < 4.78 is 3.49. The molecule has 1 atom stereocenters. The topological polar surface area (TPSA) is 81.8 Å². The first-order valence-corrected chi connectivity index (χ1v) is 10.3. The quantitative estimate of drug-likeness (QED) is 0.569. The lowest BCUT2D eigenvalue weighted by molar-refractivity contribution is 0.0996. The second-order valence-electron chi connectivity index (χ2n) is 6.74. The van der Waals surface area contributed by atoms with Crippen LogP contribution in [0.25, 0.3) is 10.2 Å². The molecule has 0 aromatic carbocycles. The number of carbonyl (C=O) groups is 1. The number of hydrogen-bond acceptors (Lipinski definition) is 5. The van der Waals surface area contributed by atoms with E-state index in [-0.39, 0.29) is 11.5 Å². The fraction of sp³-hybridized carbons (Fsp3) is 0.412. The zero-order valence-electron chi connectivity index (χ0n) is 14.7. The van der Waals surface area contributed by atoms with E-state index in [2.05, 4.69) is 45.0 Å². The molecule has 0 saturated heterocycles. The van der Waals surface area contributed by atoms with E-state index in [1.54, 1.807) is 31.5 Å². The van der Waals surface area contributed by atoms with Gasteiger partial charge in [0.25, 0.3) is 11.5 Å². The molecule has 1 unspecified atom stereocenters. The van der Waals surface area contributed by atoms with E-state index in [9.17, 15) is 9.59 Å². The summed E-state index contributed by atoms with van der Waals surface area (Å²) in [6.45, 7) is 3.97. The van der Waals surface area contributed by atoms with Crippen molar-refractivity contribution in [3.8, 4) is 0 Å². The van der Waals surface area contributed by atoms with Crippen molar-refractivity contribution in [3.05, 3.63) is 42.1 Å². The van der Waals surface area contributed by atoms with Crippen LogP contribution in [0.5, 0.6) is 0 Å². The Morgan fingerprint density at radius 2 is 2.23 bits per heavy atom. The Morgan fingerprint density at radius 1 is 1.46 bits per heavy atom. The predicted molar refractivity (Wildman–Crippen MR) is 109 cm³/mol. The van der Waals surface area contributed by atoms with Gasteiger partial charge in [0.15, 0.2) is 0 Å². The predicted octanol–water partition coefficient (Wildman–Crippen LogP) is 2.61. The standard InChI is InChI=1S/C17H18IN5O2S/c1-8-4-5-10-12(6-8)26-16-13(10)17(25)23(9(2)20-16)21-15(24)14-11(18)7-19-22(14)3/h7-8H,4-6H2,1-3H3,(H,21,24). The van der Waals surface area contributed by atoms with Crippen LogP contribution >= 0.6 is 33.9 Å². The molecule has 1 amide bonds. The maximum Gasteiger partial charge on any atom is 0.289 e. The van der Waals surface area contributed by atoms with Gasteiger partial charge in [-0.2, -0.15) is 5.10 Å². The third-order valence-corrected chi connectivity index (χ3v) is 6.76. The first kappa shape index (κ1) is 17.7. The molecule has 1 aliphatic carbocycles. The van der Waals surface area contributed by atoms with Crippen LogP contribution < -0.4 is 11.0 Å². The van der Waals surface area contributed by atoms with E-state index in [0.29, 0.717) is 22.8 Å². The Hall–Kier alpha value is -1.75. The molecule has 0 fully saturated rings. The summed E-state index contributed by atoms with van der Waals surface area (Å²) in [5.74, 6) is 0.726. The van der Waals surface area contributed by atoms with Crippen molar-refractivity contribution in [2.45, 2.75) is 33.1 Å². The summed E-state index contributed by atoms with van der Waals surface area (Å²) in [6, 6.07) is 0. The molecule has 1 N–H and O–H groups in total. The molecule has 3 aromatic heterocycles. The summed E-state index contributed by atoms with van der Waals surface area (Å²) in [5, 5.41) is 4.73. The number of aryl methyl sites for hydroxylation is 3. The Balaban J connectivity index is 1.81. The largest absolute Gasteiger partial charge is 0.289 e. The maximum atomic E-state index is 13.1. The number of carbonyl (C=O) groups excluding carboxylic acids is 1. The van der Waals surface area contributed by atoms with Crippen LogP contribution in [0.1, 0.15) is 40.1 Å². The number of nitrogens with zero attached hydrogens (tertiary/aromatic N) is 4. The first-order chi connectivity index (χ1) is 12.4. The van der Waals surface area contributed by atoms with Gasteiger partial charge in [0.2, 0.25) is 0 Å². The van der Waals surface area contributed by atoms with Crippen molar-refractivity contribution in [2.75, 3.05) is 5.43 Å². The highest BCUT2D eigenvalue weighted by molar-refractivity contribution is 14.1. The smallest absolute Gasteiger partial charge is 0.267 e. The average molecular weight is 483 g/mol. The summed E-state index contributed by atoms with van der Waals surface area (Å²) in [5.41, 5.74) is 4.02. The lowest BCUT2D eigenvalue weighted by Gasteiger charge is -2.17. The molecule has 3 heterocycles. The number of aromatic nitrogens is 4. The number of fused-ring (bicyclic) bond motifs is 3. The van der Waals surface area contributed by atoms with Crippen LogP contribution in [-0.4, -0.2) is 25.3 Å². The summed E-state index contributed by atoms with van der Waals surface area (Å²) >= 11 is 3.66. The molecular formula is C17H18IN5O2S. The third kappa shape index (κ3) is 2.77. The van der Waals surface area contributed by atoms with Gasteiger partial charge < -0.3 is 0 Å². The number of halogens is 1. The number of thiophene rings is 1. The van der Waals surface area contributed by atoms with E-state index in [1.165, 1.54) is 14.2 Å². The SMILES string of the molecule is Cc1nc2sc3c(c2c(=O)n1NC(=O)c1c(I)cnn1C)CCC(C)C3. The van der Waals surface area contributed by atoms with Gasteiger partial charge in [-0.15, -0.1) is 11.3 Å². The van der Waals surface area contributed by atoms with Crippen LogP contribution in [0.4, 0.5) is 0 Å². The van der Waals surface area contributed by atoms with E-state index in [4.69, 9.17) is 0 Å². The number of amides is 1. The summed E-state index contributed by atoms with van der Waals surface area (Å²) in [4.78, 5) is 32.4. The van der Waals surface area contributed by atoms with Gasteiger partial charge in [-0.25, -0.2) is 9.66 Å². The molecule has 0 radical (unpaired) electrons. The Kier molecular flexibility index (Phi) is 4.38.